The number of fused-ring (bicyclic) bond motifs is 1. The zero-order valence-corrected chi connectivity index (χ0v) is 9.96. The highest BCUT2D eigenvalue weighted by molar-refractivity contribution is 6.18. The predicted octanol–water partition coefficient (Wildman–Crippen LogP) is 1.93. The van der Waals surface area contributed by atoms with Crippen molar-refractivity contribution in [1.82, 2.24) is 4.90 Å². The van der Waals surface area contributed by atoms with Crippen molar-refractivity contribution in [2.24, 2.45) is 0 Å². The Hall–Kier alpha value is -1.22. The summed E-state index contributed by atoms with van der Waals surface area (Å²) in [6.07, 6.45) is 0.910. The molecule has 1 aliphatic rings. The van der Waals surface area contributed by atoms with Crippen molar-refractivity contribution in [3.8, 4) is 5.75 Å². The summed E-state index contributed by atoms with van der Waals surface area (Å²) in [5, 5.41) is 0. The highest BCUT2D eigenvalue weighted by Gasteiger charge is 2.21. The summed E-state index contributed by atoms with van der Waals surface area (Å²) in [6.45, 7) is 1.25. The molecule has 0 N–H and O–H groups in total. The normalized spacial score (nSPS) is 14.9. The average molecular weight is 240 g/mol. The van der Waals surface area contributed by atoms with E-state index in [1.807, 2.05) is 19.2 Å². The summed E-state index contributed by atoms with van der Waals surface area (Å²) < 4.78 is 5.40. The molecule has 1 amide bonds. The lowest BCUT2D eigenvalue weighted by molar-refractivity contribution is 0.0780. The highest BCUT2D eigenvalue weighted by atomic mass is 35.5. The lowest BCUT2D eigenvalue weighted by Crippen LogP contribution is -2.34. The van der Waals surface area contributed by atoms with Crippen LogP contribution in [0.2, 0.25) is 0 Å². The Morgan fingerprint density at radius 2 is 2.31 bits per heavy atom. The van der Waals surface area contributed by atoms with Crippen LogP contribution in [0.15, 0.2) is 18.2 Å². The van der Waals surface area contributed by atoms with Crippen molar-refractivity contribution in [3.63, 3.8) is 0 Å². The van der Waals surface area contributed by atoms with E-state index < -0.39 is 0 Å². The van der Waals surface area contributed by atoms with Gasteiger partial charge in [0.15, 0.2) is 0 Å². The fourth-order valence-electron chi connectivity index (χ4n) is 1.81. The summed E-state index contributed by atoms with van der Waals surface area (Å²) >= 11 is 5.55. The summed E-state index contributed by atoms with van der Waals surface area (Å²) in [5.74, 6) is 1.23. The number of likely N-dealkylation sites (N-methyl/N-ethyl adjacent to an activating group) is 1. The number of hydrogen-bond acceptors (Lipinski definition) is 2. The van der Waals surface area contributed by atoms with Crippen LogP contribution in [0.5, 0.6) is 5.75 Å². The Balaban J connectivity index is 2.26. The molecule has 0 aromatic heterocycles. The van der Waals surface area contributed by atoms with Gasteiger partial charge in [0.1, 0.15) is 12.4 Å². The molecule has 0 bridgehead atoms. The second kappa shape index (κ2) is 4.74. The first-order valence-corrected chi connectivity index (χ1v) is 5.83. The van der Waals surface area contributed by atoms with Gasteiger partial charge in [-0.15, -0.1) is 11.6 Å². The molecule has 1 aliphatic heterocycles. The number of nitrogens with zero attached hydrogens (tertiary/aromatic N) is 1. The standard InChI is InChI=1S/C12H14ClNO2/c1-14-6-4-9-2-3-10(16-7-5-13)8-11(9)12(14)15/h2-3,8H,4-7H2,1H3. The number of carbonyl (C=O) groups excluding carboxylic acids is 1. The van der Waals surface area contributed by atoms with Crippen molar-refractivity contribution in [3.05, 3.63) is 29.3 Å². The number of benzene rings is 1. The number of rotatable bonds is 3. The molecule has 0 radical (unpaired) electrons. The summed E-state index contributed by atoms with van der Waals surface area (Å²) in [6, 6.07) is 5.66. The van der Waals surface area contributed by atoms with E-state index in [2.05, 4.69) is 0 Å². The Morgan fingerprint density at radius 1 is 1.50 bits per heavy atom. The highest BCUT2D eigenvalue weighted by Crippen LogP contribution is 2.23. The predicted molar refractivity (Wildman–Crippen MR) is 63.3 cm³/mol. The fourth-order valence-corrected chi connectivity index (χ4v) is 1.89. The number of ether oxygens (including phenoxy) is 1. The number of alkyl halides is 1. The van der Waals surface area contributed by atoms with E-state index in [9.17, 15) is 4.79 Å². The molecule has 1 aromatic rings. The Labute approximate surface area is 100.0 Å². The molecule has 0 atom stereocenters. The SMILES string of the molecule is CN1CCc2ccc(OCCCl)cc2C1=O. The quantitative estimate of drug-likeness (QED) is 0.755. The van der Waals surface area contributed by atoms with Gasteiger partial charge in [0.05, 0.1) is 5.88 Å². The van der Waals surface area contributed by atoms with Crippen molar-refractivity contribution >= 4 is 17.5 Å². The van der Waals surface area contributed by atoms with E-state index in [-0.39, 0.29) is 5.91 Å². The minimum atomic E-state index is 0.0672. The molecule has 3 nitrogen and oxygen atoms in total. The van der Waals surface area contributed by atoms with Crippen LogP contribution < -0.4 is 4.74 Å². The molecule has 1 heterocycles. The Kier molecular flexibility index (Phi) is 3.34. The van der Waals surface area contributed by atoms with Gasteiger partial charge in [-0.25, -0.2) is 0 Å². The topological polar surface area (TPSA) is 29.5 Å². The van der Waals surface area contributed by atoms with Crippen LogP contribution in [-0.4, -0.2) is 36.9 Å². The number of carbonyl (C=O) groups is 1. The Bertz CT molecular complexity index is 406. The molecule has 0 unspecified atom stereocenters. The second-order valence-electron chi connectivity index (χ2n) is 3.83. The van der Waals surface area contributed by atoms with Crippen molar-refractivity contribution in [2.75, 3.05) is 26.1 Å². The van der Waals surface area contributed by atoms with Crippen molar-refractivity contribution in [2.45, 2.75) is 6.42 Å². The molecule has 86 valence electrons. The smallest absolute Gasteiger partial charge is 0.254 e. The number of hydrogen-bond donors (Lipinski definition) is 0. The molecule has 4 heteroatoms. The molecule has 0 saturated heterocycles. The lowest BCUT2D eigenvalue weighted by Gasteiger charge is -2.25. The second-order valence-corrected chi connectivity index (χ2v) is 4.21. The first-order valence-electron chi connectivity index (χ1n) is 5.29. The van der Waals surface area contributed by atoms with Gasteiger partial charge < -0.3 is 9.64 Å². The summed E-state index contributed by atoms with van der Waals surface area (Å²) in [5.41, 5.74) is 1.85. The van der Waals surface area contributed by atoms with Gasteiger partial charge in [-0.3, -0.25) is 4.79 Å². The average Bonchev–Trinajstić information content (AvgIpc) is 2.31. The molecule has 2 rings (SSSR count). The fraction of sp³-hybridized carbons (Fsp3) is 0.417. The zero-order chi connectivity index (χ0) is 11.5. The van der Waals surface area contributed by atoms with E-state index in [0.717, 1.165) is 24.1 Å². The molecular formula is C12H14ClNO2. The summed E-state index contributed by atoms with van der Waals surface area (Å²) in [7, 11) is 1.82. The lowest BCUT2D eigenvalue weighted by atomic mass is 9.99. The maximum absolute atomic E-state index is 11.9. The molecular weight excluding hydrogens is 226 g/mol. The first-order chi connectivity index (χ1) is 7.72. The molecule has 0 fully saturated rings. The molecule has 1 aromatic carbocycles. The van der Waals surface area contributed by atoms with Gasteiger partial charge in [-0.2, -0.15) is 0 Å². The zero-order valence-electron chi connectivity index (χ0n) is 9.20. The van der Waals surface area contributed by atoms with Gasteiger partial charge in [-0.05, 0) is 24.1 Å². The van der Waals surface area contributed by atoms with Gasteiger partial charge in [-0.1, -0.05) is 6.07 Å². The Morgan fingerprint density at radius 3 is 3.06 bits per heavy atom. The molecule has 0 saturated carbocycles. The third-order valence-electron chi connectivity index (χ3n) is 2.72. The maximum atomic E-state index is 11.9. The van der Waals surface area contributed by atoms with E-state index in [1.54, 1.807) is 11.0 Å². The van der Waals surface area contributed by atoms with Crippen molar-refractivity contribution < 1.29 is 9.53 Å². The van der Waals surface area contributed by atoms with E-state index in [0.29, 0.717) is 18.2 Å². The van der Waals surface area contributed by atoms with Gasteiger partial charge in [0, 0.05) is 19.2 Å². The number of amides is 1. The molecule has 16 heavy (non-hydrogen) atoms. The largest absolute Gasteiger partial charge is 0.492 e. The third kappa shape index (κ3) is 2.14. The van der Waals surface area contributed by atoms with Crippen LogP contribution >= 0.6 is 11.6 Å². The van der Waals surface area contributed by atoms with Crippen LogP contribution in [-0.2, 0) is 6.42 Å². The van der Waals surface area contributed by atoms with Gasteiger partial charge in [0.25, 0.3) is 5.91 Å². The third-order valence-corrected chi connectivity index (χ3v) is 2.88. The van der Waals surface area contributed by atoms with E-state index in [4.69, 9.17) is 16.3 Å². The monoisotopic (exact) mass is 239 g/mol. The molecule has 0 aliphatic carbocycles. The first kappa shape index (κ1) is 11.3. The van der Waals surface area contributed by atoms with Crippen LogP contribution in [0.3, 0.4) is 0 Å². The van der Waals surface area contributed by atoms with Crippen LogP contribution in [0.1, 0.15) is 15.9 Å². The van der Waals surface area contributed by atoms with Crippen LogP contribution in [0.4, 0.5) is 0 Å². The maximum Gasteiger partial charge on any atom is 0.254 e. The van der Waals surface area contributed by atoms with Gasteiger partial charge in [0.2, 0.25) is 0 Å². The van der Waals surface area contributed by atoms with Gasteiger partial charge >= 0.3 is 0 Å². The van der Waals surface area contributed by atoms with Crippen molar-refractivity contribution in [1.29, 1.82) is 0 Å². The minimum Gasteiger partial charge on any atom is -0.492 e. The number of halogens is 1. The van der Waals surface area contributed by atoms with E-state index >= 15 is 0 Å². The van der Waals surface area contributed by atoms with Crippen LogP contribution in [0.25, 0.3) is 0 Å². The minimum absolute atomic E-state index is 0.0672. The van der Waals surface area contributed by atoms with Crippen LogP contribution in [0, 0.1) is 0 Å². The summed E-state index contributed by atoms with van der Waals surface area (Å²) in [4.78, 5) is 13.6. The molecule has 0 spiro atoms. The van der Waals surface area contributed by atoms with E-state index in [1.165, 1.54) is 0 Å².